The van der Waals surface area contributed by atoms with Crippen LogP contribution in [-0.4, -0.2) is 42.0 Å². The molecule has 0 bridgehead atoms. The van der Waals surface area contributed by atoms with Gasteiger partial charge in [0.05, 0.1) is 11.2 Å². The Hall–Kier alpha value is -0.360. The van der Waals surface area contributed by atoms with E-state index in [0.717, 1.165) is 36.8 Å². The number of halogens is 2. The third-order valence-corrected chi connectivity index (χ3v) is 4.96. The Morgan fingerprint density at radius 1 is 1.29 bits per heavy atom. The highest BCUT2D eigenvalue weighted by atomic mass is 35.5. The average molecular weight is 352 g/mol. The first kappa shape index (κ1) is 18.7. The van der Waals surface area contributed by atoms with Gasteiger partial charge in [0.25, 0.3) is 5.91 Å². The molecule has 0 unspecified atom stereocenters. The Morgan fingerprint density at radius 3 is 2.38 bits per heavy atom. The van der Waals surface area contributed by atoms with Crippen LogP contribution >= 0.6 is 36.2 Å². The number of nitrogens with zero attached hydrogens (tertiary/aromatic N) is 2. The van der Waals surface area contributed by atoms with E-state index in [4.69, 9.17) is 0 Å². The number of aromatic nitrogens is 1. The van der Waals surface area contributed by atoms with Crippen LogP contribution in [0.4, 0.5) is 0 Å². The van der Waals surface area contributed by atoms with E-state index < -0.39 is 0 Å². The van der Waals surface area contributed by atoms with Crippen LogP contribution in [0.3, 0.4) is 0 Å². The van der Waals surface area contributed by atoms with Crippen molar-refractivity contribution in [2.75, 3.05) is 26.2 Å². The molecule has 2 aliphatic heterocycles. The molecular formula is C14H23Cl2N3OS. The molecule has 2 saturated heterocycles. The summed E-state index contributed by atoms with van der Waals surface area (Å²) in [5, 5.41) is 3.41. The molecule has 4 nitrogen and oxygen atoms in total. The van der Waals surface area contributed by atoms with Crippen LogP contribution in [0.15, 0.2) is 5.51 Å². The lowest BCUT2D eigenvalue weighted by atomic mass is 9.91. The van der Waals surface area contributed by atoms with Crippen molar-refractivity contribution in [3.05, 3.63) is 16.1 Å². The quantitative estimate of drug-likeness (QED) is 0.845. The molecule has 2 fully saturated rings. The molecule has 0 radical (unpaired) electrons. The minimum absolute atomic E-state index is 0. The molecule has 0 spiro atoms. The monoisotopic (exact) mass is 351 g/mol. The SMILES string of the molecule is CC(C)(C)c1ncsc1C(=O)N1C[C@H]2CNC[C@H]2C1.Cl.Cl. The molecule has 0 aliphatic carbocycles. The van der Waals surface area contributed by atoms with E-state index in [-0.39, 0.29) is 36.1 Å². The Morgan fingerprint density at radius 2 is 1.86 bits per heavy atom. The van der Waals surface area contributed by atoms with E-state index in [1.54, 1.807) is 5.51 Å². The number of thiazole rings is 1. The maximum atomic E-state index is 12.7. The van der Waals surface area contributed by atoms with Gasteiger partial charge in [0, 0.05) is 31.6 Å². The highest BCUT2D eigenvalue weighted by Crippen LogP contribution is 2.32. The smallest absolute Gasteiger partial charge is 0.265 e. The Labute approximate surface area is 142 Å². The molecule has 2 atom stereocenters. The molecule has 0 aromatic carbocycles. The van der Waals surface area contributed by atoms with Gasteiger partial charge < -0.3 is 10.2 Å². The maximum Gasteiger partial charge on any atom is 0.265 e. The first-order valence-electron chi connectivity index (χ1n) is 6.91. The van der Waals surface area contributed by atoms with E-state index in [0.29, 0.717) is 11.8 Å². The number of fused-ring (bicyclic) bond motifs is 1. The summed E-state index contributed by atoms with van der Waals surface area (Å²) >= 11 is 1.48. The number of hydrogen-bond acceptors (Lipinski definition) is 4. The fourth-order valence-electron chi connectivity index (χ4n) is 3.10. The number of hydrogen-bond donors (Lipinski definition) is 1. The molecule has 2 aliphatic rings. The fourth-order valence-corrected chi connectivity index (χ4v) is 4.06. The number of amides is 1. The summed E-state index contributed by atoms with van der Waals surface area (Å²) in [6.45, 7) is 10.3. The third kappa shape index (κ3) is 3.52. The molecule has 7 heteroatoms. The van der Waals surface area contributed by atoms with E-state index in [9.17, 15) is 4.79 Å². The van der Waals surface area contributed by atoms with Crippen molar-refractivity contribution in [2.45, 2.75) is 26.2 Å². The predicted octanol–water partition coefficient (Wildman–Crippen LogP) is 2.58. The summed E-state index contributed by atoms with van der Waals surface area (Å²) in [7, 11) is 0. The normalized spacial score (nSPS) is 24.2. The van der Waals surface area contributed by atoms with Gasteiger partial charge in [-0.25, -0.2) is 4.98 Å². The number of likely N-dealkylation sites (tertiary alicyclic amines) is 1. The lowest BCUT2D eigenvalue weighted by molar-refractivity contribution is 0.0784. The van der Waals surface area contributed by atoms with Gasteiger partial charge in [-0.2, -0.15) is 0 Å². The topological polar surface area (TPSA) is 45.2 Å². The summed E-state index contributed by atoms with van der Waals surface area (Å²) in [4.78, 5) is 20.0. The second-order valence-electron chi connectivity index (χ2n) is 6.67. The van der Waals surface area contributed by atoms with Crippen molar-refractivity contribution >= 4 is 42.1 Å². The van der Waals surface area contributed by atoms with E-state index >= 15 is 0 Å². The second kappa shape index (κ2) is 6.82. The highest BCUT2D eigenvalue weighted by molar-refractivity contribution is 7.11. The van der Waals surface area contributed by atoms with Crippen LogP contribution in [0.2, 0.25) is 0 Å². The summed E-state index contributed by atoms with van der Waals surface area (Å²) in [6, 6.07) is 0. The average Bonchev–Trinajstić information content (AvgIpc) is 3.01. The standard InChI is InChI=1S/C14H21N3OS.2ClH/c1-14(2,3)12-11(19-8-16-12)13(18)17-6-9-4-15-5-10(9)7-17;;/h8-10,15H,4-7H2,1-3H3;2*1H/t9-,10+;;. The fraction of sp³-hybridized carbons (Fsp3) is 0.714. The van der Waals surface area contributed by atoms with Gasteiger partial charge in [-0.3, -0.25) is 4.79 Å². The Balaban J connectivity index is 0.00000110. The third-order valence-electron chi connectivity index (χ3n) is 4.15. The molecule has 21 heavy (non-hydrogen) atoms. The summed E-state index contributed by atoms with van der Waals surface area (Å²) in [5.74, 6) is 1.48. The van der Waals surface area contributed by atoms with Gasteiger partial charge in [0.15, 0.2) is 0 Å². The zero-order valence-electron chi connectivity index (χ0n) is 12.6. The van der Waals surface area contributed by atoms with Crippen LogP contribution in [0.25, 0.3) is 0 Å². The van der Waals surface area contributed by atoms with Crippen LogP contribution in [0, 0.1) is 11.8 Å². The molecule has 1 aromatic rings. The largest absolute Gasteiger partial charge is 0.337 e. The van der Waals surface area contributed by atoms with E-state index in [1.807, 2.05) is 4.90 Å². The predicted molar refractivity (Wildman–Crippen MR) is 91.1 cm³/mol. The van der Waals surface area contributed by atoms with Crippen molar-refractivity contribution < 1.29 is 4.79 Å². The molecular weight excluding hydrogens is 329 g/mol. The highest BCUT2D eigenvalue weighted by Gasteiger charge is 2.39. The van der Waals surface area contributed by atoms with Gasteiger partial charge in [-0.05, 0) is 11.8 Å². The van der Waals surface area contributed by atoms with E-state index in [1.165, 1.54) is 11.3 Å². The summed E-state index contributed by atoms with van der Waals surface area (Å²) in [6.07, 6.45) is 0. The minimum Gasteiger partial charge on any atom is -0.337 e. The molecule has 120 valence electrons. The van der Waals surface area contributed by atoms with Gasteiger partial charge in [0.2, 0.25) is 0 Å². The zero-order valence-corrected chi connectivity index (χ0v) is 15.0. The molecule has 1 amide bonds. The Kier molecular flexibility index (Phi) is 6.07. The molecule has 3 heterocycles. The number of nitrogens with one attached hydrogen (secondary N) is 1. The summed E-state index contributed by atoms with van der Waals surface area (Å²) in [5.41, 5.74) is 2.67. The second-order valence-corrected chi connectivity index (χ2v) is 7.52. The van der Waals surface area contributed by atoms with Crippen molar-refractivity contribution in [3.63, 3.8) is 0 Å². The van der Waals surface area contributed by atoms with Crippen molar-refractivity contribution in [1.82, 2.24) is 15.2 Å². The first-order valence-corrected chi connectivity index (χ1v) is 7.78. The van der Waals surface area contributed by atoms with E-state index in [2.05, 4.69) is 31.1 Å². The van der Waals surface area contributed by atoms with Crippen LogP contribution in [0.1, 0.15) is 36.1 Å². The number of carbonyl (C=O) groups is 1. The summed E-state index contributed by atoms with van der Waals surface area (Å²) < 4.78 is 0. The molecule has 1 N–H and O–H groups in total. The van der Waals surface area contributed by atoms with Gasteiger partial charge >= 0.3 is 0 Å². The first-order chi connectivity index (χ1) is 8.97. The Bertz CT molecular complexity index is 489. The number of carbonyl (C=O) groups excluding carboxylic acids is 1. The van der Waals surface area contributed by atoms with Crippen molar-refractivity contribution in [2.24, 2.45) is 11.8 Å². The molecule has 3 rings (SSSR count). The molecule has 1 aromatic heterocycles. The van der Waals surface area contributed by atoms with Crippen LogP contribution in [0.5, 0.6) is 0 Å². The van der Waals surface area contributed by atoms with Crippen LogP contribution in [-0.2, 0) is 5.41 Å². The zero-order chi connectivity index (χ0) is 13.6. The van der Waals surface area contributed by atoms with Gasteiger partial charge in [-0.1, -0.05) is 20.8 Å². The lowest BCUT2D eigenvalue weighted by Crippen LogP contribution is -2.32. The maximum absolute atomic E-state index is 12.7. The minimum atomic E-state index is -0.0673. The van der Waals surface area contributed by atoms with Crippen molar-refractivity contribution in [1.29, 1.82) is 0 Å². The van der Waals surface area contributed by atoms with Crippen LogP contribution < -0.4 is 5.32 Å². The van der Waals surface area contributed by atoms with Gasteiger partial charge in [-0.15, -0.1) is 36.2 Å². The molecule has 0 saturated carbocycles. The lowest BCUT2D eigenvalue weighted by Gasteiger charge is -2.21. The number of rotatable bonds is 1. The van der Waals surface area contributed by atoms with Crippen molar-refractivity contribution in [3.8, 4) is 0 Å². The van der Waals surface area contributed by atoms with Gasteiger partial charge in [0.1, 0.15) is 4.88 Å².